The summed E-state index contributed by atoms with van der Waals surface area (Å²) in [7, 11) is 1.68. The van der Waals surface area contributed by atoms with Crippen LogP contribution in [-0.2, 0) is 14.2 Å². The maximum Gasteiger partial charge on any atom is 0.0700 e. The second kappa shape index (κ2) is 11.8. The molecule has 0 atom stereocenters. The van der Waals surface area contributed by atoms with Crippen LogP contribution in [0, 0.1) is 0 Å². The topological polar surface area (TPSA) is 47.9 Å². The number of hydrogen-bond acceptors (Lipinski definition) is 4. The van der Waals surface area contributed by atoms with Crippen LogP contribution in [0.5, 0.6) is 0 Å². The lowest BCUT2D eigenvalue weighted by Gasteiger charge is -2.04. The third kappa shape index (κ3) is 11.8. The van der Waals surface area contributed by atoms with E-state index < -0.39 is 0 Å². The van der Waals surface area contributed by atoms with Crippen molar-refractivity contribution in [2.45, 2.75) is 12.8 Å². The zero-order valence-corrected chi connectivity index (χ0v) is 8.33. The highest BCUT2D eigenvalue weighted by Crippen LogP contribution is 1.85. The normalized spacial score (nSPS) is 10.6. The minimum Gasteiger partial charge on any atom is -0.396 e. The van der Waals surface area contributed by atoms with E-state index in [0.717, 1.165) is 19.6 Å². The van der Waals surface area contributed by atoms with Crippen LogP contribution in [0.1, 0.15) is 12.8 Å². The Morgan fingerprint density at radius 2 is 1.46 bits per heavy atom. The van der Waals surface area contributed by atoms with Gasteiger partial charge in [-0.05, 0) is 12.8 Å². The number of methoxy groups -OCH3 is 1. The van der Waals surface area contributed by atoms with Crippen LogP contribution >= 0.6 is 0 Å². The summed E-state index contributed by atoms with van der Waals surface area (Å²) in [6.45, 7) is 3.48. The van der Waals surface area contributed by atoms with Gasteiger partial charge in [-0.3, -0.25) is 0 Å². The molecular weight excluding hydrogens is 172 g/mol. The van der Waals surface area contributed by atoms with E-state index >= 15 is 0 Å². The minimum absolute atomic E-state index is 0.189. The van der Waals surface area contributed by atoms with Crippen molar-refractivity contribution < 1.29 is 19.3 Å². The molecule has 0 unspecified atom stereocenters. The predicted molar refractivity (Wildman–Crippen MR) is 49.8 cm³/mol. The van der Waals surface area contributed by atoms with Crippen molar-refractivity contribution in [3.63, 3.8) is 0 Å². The third-order valence-electron chi connectivity index (χ3n) is 1.46. The molecule has 0 saturated carbocycles. The lowest BCUT2D eigenvalue weighted by Crippen LogP contribution is -2.07. The van der Waals surface area contributed by atoms with Crippen molar-refractivity contribution in [2.24, 2.45) is 0 Å². The van der Waals surface area contributed by atoms with E-state index in [1.54, 1.807) is 7.11 Å². The molecular formula is C9H20O4. The molecule has 0 aliphatic rings. The molecule has 13 heavy (non-hydrogen) atoms. The Hall–Kier alpha value is -0.160. The second-order valence-corrected chi connectivity index (χ2v) is 2.65. The lowest BCUT2D eigenvalue weighted by molar-refractivity contribution is 0.0357. The molecule has 0 aromatic heterocycles. The molecule has 0 rings (SSSR count). The molecule has 4 nitrogen and oxygen atoms in total. The first-order chi connectivity index (χ1) is 6.41. The Bertz CT molecular complexity index is 77.7. The standard InChI is InChI=1S/C9H20O4/c1-11-5-3-7-13-9-8-12-6-2-4-10/h10H,2-9H2,1H3. The highest BCUT2D eigenvalue weighted by molar-refractivity contribution is 4.35. The van der Waals surface area contributed by atoms with Crippen molar-refractivity contribution in [2.75, 3.05) is 46.8 Å². The van der Waals surface area contributed by atoms with Gasteiger partial charge in [-0.1, -0.05) is 0 Å². The first-order valence-electron chi connectivity index (χ1n) is 4.67. The van der Waals surface area contributed by atoms with Crippen LogP contribution in [0.4, 0.5) is 0 Å². The van der Waals surface area contributed by atoms with E-state index in [1.807, 2.05) is 0 Å². The van der Waals surface area contributed by atoms with Crippen LogP contribution in [0.3, 0.4) is 0 Å². The van der Waals surface area contributed by atoms with Crippen molar-refractivity contribution in [1.82, 2.24) is 0 Å². The molecule has 0 spiro atoms. The van der Waals surface area contributed by atoms with Crippen LogP contribution in [0.15, 0.2) is 0 Å². The highest BCUT2D eigenvalue weighted by Gasteiger charge is 1.90. The number of rotatable bonds is 10. The number of aliphatic hydroxyl groups excluding tert-OH is 1. The first-order valence-corrected chi connectivity index (χ1v) is 4.67. The van der Waals surface area contributed by atoms with Gasteiger partial charge < -0.3 is 19.3 Å². The smallest absolute Gasteiger partial charge is 0.0700 e. The minimum atomic E-state index is 0.189. The predicted octanol–water partition coefficient (Wildman–Crippen LogP) is 0.439. The van der Waals surface area contributed by atoms with Crippen LogP contribution in [-0.4, -0.2) is 51.9 Å². The Labute approximate surface area is 79.8 Å². The third-order valence-corrected chi connectivity index (χ3v) is 1.46. The van der Waals surface area contributed by atoms with Crippen molar-refractivity contribution in [3.8, 4) is 0 Å². The summed E-state index contributed by atoms with van der Waals surface area (Å²) in [5.74, 6) is 0. The average molecular weight is 192 g/mol. The summed E-state index contributed by atoms with van der Waals surface area (Å²) < 4.78 is 15.3. The van der Waals surface area contributed by atoms with Crippen LogP contribution < -0.4 is 0 Å². The number of ether oxygens (including phenoxy) is 3. The van der Waals surface area contributed by atoms with Gasteiger partial charge in [-0.25, -0.2) is 0 Å². The molecule has 0 aromatic rings. The van der Waals surface area contributed by atoms with E-state index in [2.05, 4.69) is 0 Å². The van der Waals surface area contributed by atoms with E-state index in [0.29, 0.717) is 26.2 Å². The first kappa shape index (κ1) is 12.8. The van der Waals surface area contributed by atoms with Crippen molar-refractivity contribution in [1.29, 1.82) is 0 Å². The second-order valence-electron chi connectivity index (χ2n) is 2.65. The molecule has 0 heterocycles. The van der Waals surface area contributed by atoms with Gasteiger partial charge in [0.15, 0.2) is 0 Å². The SMILES string of the molecule is COCCCOCCOCCCO. The maximum atomic E-state index is 8.44. The largest absolute Gasteiger partial charge is 0.396 e. The van der Waals surface area contributed by atoms with Gasteiger partial charge in [-0.15, -0.1) is 0 Å². The Kier molecular flexibility index (Phi) is 11.7. The Morgan fingerprint density at radius 1 is 0.846 bits per heavy atom. The van der Waals surface area contributed by atoms with Gasteiger partial charge in [0, 0.05) is 33.5 Å². The fourth-order valence-corrected chi connectivity index (χ4v) is 0.794. The van der Waals surface area contributed by atoms with Gasteiger partial charge >= 0.3 is 0 Å². The zero-order chi connectivity index (χ0) is 9.78. The zero-order valence-electron chi connectivity index (χ0n) is 8.33. The summed E-state index contributed by atoms with van der Waals surface area (Å²) in [4.78, 5) is 0. The van der Waals surface area contributed by atoms with Crippen LogP contribution in [0.2, 0.25) is 0 Å². The van der Waals surface area contributed by atoms with Crippen LogP contribution in [0.25, 0.3) is 0 Å². The Morgan fingerprint density at radius 3 is 2.00 bits per heavy atom. The molecule has 80 valence electrons. The van der Waals surface area contributed by atoms with E-state index in [9.17, 15) is 0 Å². The number of aliphatic hydroxyl groups is 1. The maximum absolute atomic E-state index is 8.44. The fraction of sp³-hybridized carbons (Fsp3) is 1.00. The Balaban J connectivity index is 2.76. The number of hydrogen-bond donors (Lipinski definition) is 1. The van der Waals surface area contributed by atoms with Crippen molar-refractivity contribution >= 4 is 0 Å². The monoisotopic (exact) mass is 192 g/mol. The summed E-state index contributed by atoms with van der Waals surface area (Å²) in [6.07, 6.45) is 1.62. The fourth-order valence-electron chi connectivity index (χ4n) is 0.794. The average Bonchev–Trinajstić information content (AvgIpc) is 2.16. The lowest BCUT2D eigenvalue weighted by atomic mass is 10.5. The molecule has 0 amide bonds. The molecule has 0 fully saturated rings. The molecule has 0 radical (unpaired) electrons. The summed E-state index contributed by atoms with van der Waals surface area (Å²) >= 11 is 0. The van der Waals surface area contributed by atoms with Crippen molar-refractivity contribution in [3.05, 3.63) is 0 Å². The van der Waals surface area contributed by atoms with Gasteiger partial charge in [0.1, 0.15) is 0 Å². The molecule has 0 aromatic carbocycles. The van der Waals surface area contributed by atoms with E-state index in [1.165, 1.54) is 0 Å². The summed E-state index contributed by atoms with van der Waals surface area (Å²) in [6, 6.07) is 0. The van der Waals surface area contributed by atoms with Gasteiger partial charge in [-0.2, -0.15) is 0 Å². The van der Waals surface area contributed by atoms with E-state index in [-0.39, 0.29) is 6.61 Å². The molecule has 4 heteroatoms. The summed E-state index contributed by atoms with van der Waals surface area (Å²) in [5, 5.41) is 8.44. The molecule has 0 saturated heterocycles. The highest BCUT2D eigenvalue weighted by atomic mass is 16.5. The molecule has 0 bridgehead atoms. The molecule has 0 aliphatic carbocycles. The van der Waals surface area contributed by atoms with E-state index in [4.69, 9.17) is 19.3 Å². The molecule has 0 aliphatic heterocycles. The van der Waals surface area contributed by atoms with Gasteiger partial charge in [0.2, 0.25) is 0 Å². The molecule has 1 N–H and O–H groups in total. The van der Waals surface area contributed by atoms with Gasteiger partial charge in [0.05, 0.1) is 13.2 Å². The quantitative estimate of drug-likeness (QED) is 0.510. The van der Waals surface area contributed by atoms with Gasteiger partial charge in [0.25, 0.3) is 0 Å². The summed E-state index contributed by atoms with van der Waals surface area (Å²) in [5.41, 5.74) is 0.